The first-order valence-electron chi connectivity index (χ1n) is 7.11. The molecule has 4 rings (SSSR count). The van der Waals surface area contributed by atoms with E-state index >= 15 is 0 Å². The van der Waals surface area contributed by atoms with Crippen LogP contribution in [0, 0.1) is 0 Å². The van der Waals surface area contributed by atoms with E-state index in [1.165, 1.54) is 19.3 Å². The molecule has 0 heteroatoms. The van der Waals surface area contributed by atoms with Crippen molar-refractivity contribution in [3.63, 3.8) is 0 Å². The van der Waals surface area contributed by atoms with Gasteiger partial charge in [0.15, 0.2) is 0 Å². The molecule has 1 atom stereocenters. The van der Waals surface area contributed by atoms with Gasteiger partial charge in [0.05, 0.1) is 0 Å². The molecule has 0 fully saturated rings. The van der Waals surface area contributed by atoms with Crippen LogP contribution in [0.1, 0.15) is 48.3 Å². The number of aryl methyl sites for hydroxylation is 1. The normalized spacial score (nSPS) is 26.3. The third-order valence-electron chi connectivity index (χ3n) is 4.57. The molecular weight excluding hydrogens is 216 g/mol. The molecule has 0 saturated heterocycles. The van der Waals surface area contributed by atoms with Crippen LogP contribution in [0.5, 0.6) is 0 Å². The van der Waals surface area contributed by atoms with E-state index in [9.17, 15) is 0 Å². The van der Waals surface area contributed by atoms with Crippen molar-refractivity contribution in [1.29, 1.82) is 0 Å². The van der Waals surface area contributed by atoms with Gasteiger partial charge in [0.1, 0.15) is 0 Å². The molecule has 0 radical (unpaired) electrons. The van der Waals surface area contributed by atoms with E-state index in [2.05, 4.69) is 42.5 Å². The van der Waals surface area contributed by atoms with E-state index in [1.54, 1.807) is 27.8 Å². The van der Waals surface area contributed by atoms with Gasteiger partial charge in [0.2, 0.25) is 0 Å². The predicted octanol–water partition coefficient (Wildman–Crippen LogP) is 4.78. The Morgan fingerprint density at radius 3 is 2.94 bits per heavy atom. The zero-order chi connectivity index (χ0) is 11.9. The number of benzene rings is 1. The van der Waals surface area contributed by atoms with Gasteiger partial charge in [0, 0.05) is 5.92 Å². The molecule has 0 aromatic heterocycles. The minimum absolute atomic E-state index is 0.580. The molecule has 0 aliphatic heterocycles. The molecule has 0 saturated carbocycles. The van der Waals surface area contributed by atoms with Crippen molar-refractivity contribution in [2.75, 3.05) is 0 Å². The monoisotopic (exact) mass is 234 g/mol. The molecule has 0 N–H and O–H groups in total. The third-order valence-corrected chi connectivity index (χ3v) is 4.57. The summed E-state index contributed by atoms with van der Waals surface area (Å²) in [4.78, 5) is 0. The molecule has 0 spiro atoms. The van der Waals surface area contributed by atoms with E-state index in [0.29, 0.717) is 5.92 Å². The lowest BCUT2D eigenvalue weighted by Gasteiger charge is -2.18. The van der Waals surface area contributed by atoms with Gasteiger partial charge < -0.3 is 0 Å². The van der Waals surface area contributed by atoms with Gasteiger partial charge in [-0.05, 0) is 54.4 Å². The summed E-state index contributed by atoms with van der Waals surface area (Å²) in [5, 5.41) is 0. The Labute approximate surface area is 109 Å². The van der Waals surface area contributed by atoms with Crippen molar-refractivity contribution in [1.82, 2.24) is 0 Å². The third kappa shape index (κ3) is 1.38. The molecule has 3 aliphatic rings. The largest absolute Gasteiger partial charge is 0.0876 e. The van der Waals surface area contributed by atoms with E-state index in [4.69, 9.17) is 0 Å². The maximum Gasteiger partial charge on any atom is 0.0246 e. The van der Waals surface area contributed by atoms with Gasteiger partial charge in [-0.15, -0.1) is 0 Å². The first-order valence-corrected chi connectivity index (χ1v) is 7.11. The van der Waals surface area contributed by atoms with E-state index in [-0.39, 0.29) is 0 Å². The maximum absolute atomic E-state index is 2.46. The molecule has 18 heavy (non-hydrogen) atoms. The first kappa shape index (κ1) is 10.4. The van der Waals surface area contributed by atoms with Crippen molar-refractivity contribution >= 4 is 5.57 Å². The zero-order valence-electron chi connectivity index (χ0n) is 10.7. The fraction of sp³-hybridized carbons (Fsp3) is 0.333. The van der Waals surface area contributed by atoms with Crippen molar-refractivity contribution in [3.05, 3.63) is 64.8 Å². The Morgan fingerprint density at radius 2 is 1.94 bits per heavy atom. The van der Waals surface area contributed by atoms with Crippen molar-refractivity contribution in [3.8, 4) is 0 Å². The summed E-state index contributed by atoms with van der Waals surface area (Å²) < 4.78 is 0. The number of fused-ring (bicyclic) bond motifs is 2. The average molecular weight is 234 g/mol. The SMILES string of the molecule is C1=CCC2=C(C1)c1cccc3c1C2/C=C\CCC3. The van der Waals surface area contributed by atoms with Crippen LogP contribution in [-0.2, 0) is 6.42 Å². The molecule has 3 aliphatic carbocycles. The molecule has 0 nitrogen and oxygen atoms in total. The predicted molar refractivity (Wildman–Crippen MR) is 76.6 cm³/mol. The van der Waals surface area contributed by atoms with E-state index < -0.39 is 0 Å². The first-order chi connectivity index (χ1) is 8.95. The van der Waals surface area contributed by atoms with Gasteiger partial charge in [0.25, 0.3) is 0 Å². The minimum atomic E-state index is 0.580. The number of hydrogen-bond acceptors (Lipinski definition) is 0. The van der Waals surface area contributed by atoms with Crippen molar-refractivity contribution in [2.45, 2.75) is 38.0 Å². The summed E-state index contributed by atoms with van der Waals surface area (Å²) >= 11 is 0. The van der Waals surface area contributed by atoms with Crippen LogP contribution < -0.4 is 0 Å². The number of hydrogen-bond donors (Lipinski definition) is 0. The van der Waals surface area contributed by atoms with E-state index in [1.807, 2.05) is 0 Å². The molecule has 0 bridgehead atoms. The van der Waals surface area contributed by atoms with Crippen LogP contribution in [0.25, 0.3) is 5.57 Å². The van der Waals surface area contributed by atoms with Crippen LogP contribution >= 0.6 is 0 Å². The minimum Gasteiger partial charge on any atom is -0.0876 e. The second-order valence-electron chi connectivity index (χ2n) is 5.56. The summed E-state index contributed by atoms with van der Waals surface area (Å²) in [5.74, 6) is 0.580. The highest BCUT2D eigenvalue weighted by Gasteiger charge is 2.31. The zero-order valence-corrected chi connectivity index (χ0v) is 10.7. The number of allylic oxidation sites excluding steroid dienone is 6. The van der Waals surface area contributed by atoms with Gasteiger partial charge in [-0.2, -0.15) is 0 Å². The van der Waals surface area contributed by atoms with Crippen LogP contribution in [0.3, 0.4) is 0 Å². The maximum atomic E-state index is 2.46. The van der Waals surface area contributed by atoms with Gasteiger partial charge in [-0.1, -0.05) is 48.1 Å². The summed E-state index contributed by atoms with van der Waals surface area (Å²) in [6.07, 6.45) is 15.6. The quantitative estimate of drug-likeness (QED) is 0.567. The average Bonchev–Trinajstić information content (AvgIpc) is 2.70. The standard InChI is InChI=1S/C18H18/c1-2-7-13-8-6-12-17-15-10-5-4-9-14(15)16(11-3-1)18(13)17/h3-6,8,11-12,16H,1-2,7,9-10H2/b11-3-. The molecule has 1 aromatic rings. The fourth-order valence-electron chi connectivity index (χ4n) is 3.75. The van der Waals surface area contributed by atoms with Crippen LogP contribution in [0.2, 0.25) is 0 Å². The van der Waals surface area contributed by atoms with Gasteiger partial charge in [-0.25, -0.2) is 0 Å². The summed E-state index contributed by atoms with van der Waals surface area (Å²) in [5.41, 5.74) is 8.05. The summed E-state index contributed by atoms with van der Waals surface area (Å²) in [6, 6.07) is 6.93. The second-order valence-corrected chi connectivity index (χ2v) is 5.56. The van der Waals surface area contributed by atoms with Crippen molar-refractivity contribution in [2.24, 2.45) is 0 Å². The molecular formula is C18H18. The molecule has 0 heterocycles. The highest BCUT2D eigenvalue weighted by atomic mass is 14.3. The summed E-state index contributed by atoms with van der Waals surface area (Å²) in [6.45, 7) is 0. The Balaban J connectivity index is 1.95. The van der Waals surface area contributed by atoms with Gasteiger partial charge >= 0.3 is 0 Å². The number of rotatable bonds is 0. The van der Waals surface area contributed by atoms with Crippen molar-refractivity contribution < 1.29 is 0 Å². The van der Waals surface area contributed by atoms with Crippen LogP contribution in [0.15, 0.2) is 48.1 Å². The molecule has 0 amide bonds. The van der Waals surface area contributed by atoms with Crippen LogP contribution in [0.4, 0.5) is 0 Å². The molecule has 90 valence electrons. The fourth-order valence-corrected chi connectivity index (χ4v) is 3.75. The molecule has 1 aromatic carbocycles. The van der Waals surface area contributed by atoms with E-state index in [0.717, 1.165) is 12.8 Å². The second kappa shape index (κ2) is 3.98. The Hall–Kier alpha value is -1.56. The Bertz CT molecular complexity index is 584. The highest BCUT2D eigenvalue weighted by molar-refractivity contribution is 5.82. The van der Waals surface area contributed by atoms with Crippen LogP contribution in [-0.4, -0.2) is 0 Å². The molecule has 1 unspecified atom stereocenters. The highest BCUT2D eigenvalue weighted by Crippen LogP contribution is 2.49. The Morgan fingerprint density at radius 1 is 1.00 bits per heavy atom. The summed E-state index contributed by atoms with van der Waals surface area (Å²) in [7, 11) is 0. The van der Waals surface area contributed by atoms with Gasteiger partial charge in [-0.3, -0.25) is 0 Å². The lowest BCUT2D eigenvalue weighted by Crippen LogP contribution is -2.03. The lowest BCUT2D eigenvalue weighted by molar-refractivity contribution is 0.800. The smallest absolute Gasteiger partial charge is 0.0246 e. The topological polar surface area (TPSA) is 0 Å². The Kier molecular flexibility index (Phi) is 2.29. The lowest BCUT2D eigenvalue weighted by atomic mass is 9.86.